The van der Waals surface area contributed by atoms with E-state index in [1.165, 1.54) is 82.8 Å². The highest BCUT2D eigenvalue weighted by Gasteiger charge is 2.51. The lowest BCUT2D eigenvalue weighted by Crippen LogP contribution is -2.30. The first-order valence-electron chi connectivity index (χ1n) is 19.7. The fourth-order valence-electron chi connectivity index (χ4n) is 10.2. The first kappa shape index (κ1) is 32.5. The number of fused-ring (bicyclic) bond motifs is 14. The van der Waals surface area contributed by atoms with Gasteiger partial charge >= 0.3 is 0 Å². The van der Waals surface area contributed by atoms with Crippen molar-refractivity contribution in [2.75, 3.05) is 4.90 Å². The molecule has 0 bridgehead atoms. The number of anilines is 2. The van der Waals surface area contributed by atoms with Gasteiger partial charge in [-0.15, -0.1) is 0 Å². The average molecular weight is 717 g/mol. The molecule has 266 valence electrons. The van der Waals surface area contributed by atoms with Crippen molar-refractivity contribution in [2.45, 2.75) is 24.8 Å². The van der Waals surface area contributed by atoms with Crippen LogP contribution in [0.5, 0.6) is 0 Å². The molecule has 0 fully saturated rings. The van der Waals surface area contributed by atoms with Crippen molar-refractivity contribution in [1.29, 1.82) is 0 Å². The van der Waals surface area contributed by atoms with E-state index >= 15 is 0 Å². The van der Waals surface area contributed by atoms with E-state index in [0.29, 0.717) is 0 Å². The van der Waals surface area contributed by atoms with Gasteiger partial charge in [0.25, 0.3) is 0 Å². The molecular weight excluding hydrogens is 677 g/mol. The van der Waals surface area contributed by atoms with Gasteiger partial charge in [-0.1, -0.05) is 158 Å². The Morgan fingerprint density at radius 3 is 2.00 bits per heavy atom. The molecule has 2 heteroatoms. The largest absolute Gasteiger partial charge is 0.334 e. The molecule has 7 aromatic carbocycles. The van der Waals surface area contributed by atoms with Crippen LogP contribution in [0.15, 0.2) is 201 Å². The van der Waals surface area contributed by atoms with Crippen molar-refractivity contribution in [3.05, 3.63) is 223 Å². The van der Waals surface area contributed by atoms with Crippen LogP contribution < -0.4 is 4.90 Å². The molecule has 1 atom stereocenters. The summed E-state index contributed by atoms with van der Waals surface area (Å²) in [5.41, 5.74) is 16.1. The molecule has 3 aliphatic rings. The summed E-state index contributed by atoms with van der Waals surface area (Å²) in [6.07, 6.45) is 18.3. The summed E-state index contributed by atoms with van der Waals surface area (Å²) < 4.78 is 2.46. The summed E-state index contributed by atoms with van der Waals surface area (Å²) in [4.78, 5) is 2.54. The highest BCUT2D eigenvalue weighted by Crippen LogP contribution is 2.63. The molecule has 3 aliphatic carbocycles. The quantitative estimate of drug-likeness (QED) is 0.156. The lowest BCUT2D eigenvalue weighted by atomic mass is 9.70. The van der Waals surface area contributed by atoms with Crippen molar-refractivity contribution in [3.63, 3.8) is 0 Å². The second-order valence-electron chi connectivity index (χ2n) is 15.2. The van der Waals surface area contributed by atoms with Gasteiger partial charge in [0.15, 0.2) is 0 Å². The Bertz CT molecular complexity index is 3000. The van der Waals surface area contributed by atoms with Crippen LogP contribution >= 0.6 is 0 Å². The minimum Gasteiger partial charge on any atom is -0.334 e. The summed E-state index contributed by atoms with van der Waals surface area (Å²) in [5, 5.41) is 4.96. The zero-order valence-electron chi connectivity index (χ0n) is 31.4. The van der Waals surface area contributed by atoms with Crippen molar-refractivity contribution >= 4 is 49.7 Å². The SMILES string of the molecule is C=C/C=C(\C=C/C)n1c2cc(N(c3cccc4ccccc34)C3C=CC=CC3)ccc2c2cc3c(cc21)-c1ccccc1C31c2ccccc2-c2ccccc21. The van der Waals surface area contributed by atoms with E-state index in [4.69, 9.17) is 0 Å². The molecule has 56 heavy (non-hydrogen) atoms. The predicted octanol–water partition coefficient (Wildman–Crippen LogP) is 13.9. The minimum absolute atomic E-state index is 0.169. The Kier molecular flexibility index (Phi) is 7.31. The highest BCUT2D eigenvalue weighted by atomic mass is 15.2. The van der Waals surface area contributed by atoms with Crippen LogP contribution in [0.1, 0.15) is 35.6 Å². The third-order valence-corrected chi connectivity index (χ3v) is 12.3. The zero-order valence-corrected chi connectivity index (χ0v) is 31.4. The monoisotopic (exact) mass is 716 g/mol. The maximum absolute atomic E-state index is 4.16. The summed E-state index contributed by atoms with van der Waals surface area (Å²) >= 11 is 0. The first-order chi connectivity index (χ1) is 27.7. The van der Waals surface area contributed by atoms with Gasteiger partial charge in [-0.25, -0.2) is 0 Å². The van der Waals surface area contributed by atoms with Crippen LogP contribution in [0, 0.1) is 0 Å². The van der Waals surface area contributed by atoms with E-state index in [2.05, 4.69) is 211 Å². The average Bonchev–Trinajstić information content (AvgIpc) is 3.84. The van der Waals surface area contributed by atoms with Gasteiger partial charge in [0.2, 0.25) is 0 Å². The van der Waals surface area contributed by atoms with Crippen LogP contribution in [0.4, 0.5) is 11.4 Å². The van der Waals surface area contributed by atoms with Gasteiger partial charge in [-0.2, -0.15) is 0 Å². The summed E-state index contributed by atoms with van der Waals surface area (Å²) in [5.74, 6) is 0. The van der Waals surface area contributed by atoms with E-state index < -0.39 is 5.41 Å². The predicted molar refractivity (Wildman–Crippen MR) is 238 cm³/mol. The van der Waals surface area contributed by atoms with Crippen LogP contribution in [0.3, 0.4) is 0 Å². The summed E-state index contributed by atoms with van der Waals surface area (Å²) in [6.45, 7) is 6.25. The second-order valence-corrected chi connectivity index (χ2v) is 15.2. The molecule has 0 N–H and O–H groups in total. The van der Waals surface area contributed by atoms with Crippen molar-refractivity contribution in [1.82, 2.24) is 4.57 Å². The van der Waals surface area contributed by atoms with E-state index in [-0.39, 0.29) is 6.04 Å². The number of allylic oxidation sites excluding steroid dienone is 7. The summed E-state index contributed by atoms with van der Waals surface area (Å²) in [7, 11) is 0. The maximum Gasteiger partial charge on any atom is 0.0725 e. The maximum atomic E-state index is 4.16. The van der Waals surface area contributed by atoms with Gasteiger partial charge in [-0.3, -0.25) is 0 Å². The first-order valence-corrected chi connectivity index (χ1v) is 19.7. The number of benzene rings is 7. The topological polar surface area (TPSA) is 8.17 Å². The molecule has 11 rings (SSSR count). The molecule has 1 heterocycles. The molecule has 8 aromatic rings. The number of nitrogens with zero attached hydrogens (tertiary/aromatic N) is 2. The lowest BCUT2D eigenvalue weighted by Gasteiger charge is -2.33. The van der Waals surface area contributed by atoms with E-state index in [1.54, 1.807) is 0 Å². The molecule has 2 nitrogen and oxygen atoms in total. The van der Waals surface area contributed by atoms with Crippen LogP contribution in [0.25, 0.3) is 60.5 Å². The fraction of sp³-hybridized carbons (Fsp3) is 0.0741. The molecule has 0 saturated heterocycles. The normalized spacial score (nSPS) is 16.2. The number of rotatable bonds is 6. The molecular formula is C54H40N2. The zero-order chi connectivity index (χ0) is 37.4. The van der Waals surface area contributed by atoms with Crippen LogP contribution in [0.2, 0.25) is 0 Å². The standard InChI is InChI=1S/C54H40N2/c1-3-17-37(18-4-2)56-52-33-39(55(38-21-6-5-7-22-38)51-30-16-20-36-19-8-9-23-40(36)51)31-32-44(52)46-34-50-45(35-53(46)56)43-26-12-15-29-49(43)54(50)47-27-13-10-24-41(47)42-25-11-14-28-48(42)54/h3-21,23-35,38H,1,22H2,2H3/b18-4-,37-17+. The smallest absolute Gasteiger partial charge is 0.0725 e. The number of hydrogen-bond donors (Lipinski definition) is 0. The third kappa shape index (κ3) is 4.44. The lowest BCUT2D eigenvalue weighted by molar-refractivity contribution is 0.788. The summed E-state index contributed by atoms with van der Waals surface area (Å²) in [6, 6.07) is 54.9. The molecule has 0 saturated carbocycles. The number of hydrogen-bond acceptors (Lipinski definition) is 1. The van der Waals surface area contributed by atoms with E-state index in [0.717, 1.165) is 17.8 Å². The Morgan fingerprint density at radius 2 is 1.30 bits per heavy atom. The molecule has 0 radical (unpaired) electrons. The molecule has 0 aliphatic heterocycles. The van der Waals surface area contributed by atoms with Crippen LogP contribution in [-0.4, -0.2) is 10.6 Å². The Labute approximate surface area is 328 Å². The highest BCUT2D eigenvalue weighted by molar-refractivity contribution is 6.14. The molecule has 0 amide bonds. The molecule has 1 aromatic heterocycles. The van der Waals surface area contributed by atoms with Gasteiger partial charge in [0.1, 0.15) is 0 Å². The fourth-order valence-corrected chi connectivity index (χ4v) is 10.2. The number of aromatic nitrogens is 1. The Morgan fingerprint density at radius 1 is 0.643 bits per heavy atom. The molecule has 1 spiro atoms. The van der Waals surface area contributed by atoms with E-state index in [1.807, 2.05) is 6.08 Å². The van der Waals surface area contributed by atoms with Crippen molar-refractivity contribution in [2.24, 2.45) is 0 Å². The molecule has 1 unspecified atom stereocenters. The third-order valence-electron chi connectivity index (χ3n) is 12.3. The Hall–Kier alpha value is -6.90. The van der Waals surface area contributed by atoms with Gasteiger partial charge in [0.05, 0.1) is 22.5 Å². The van der Waals surface area contributed by atoms with Crippen molar-refractivity contribution in [3.8, 4) is 22.3 Å². The van der Waals surface area contributed by atoms with Gasteiger partial charge in [0, 0.05) is 33.2 Å². The van der Waals surface area contributed by atoms with Crippen LogP contribution in [-0.2, 0) is 5.41 Å². The minimum atomic E-state index is -0.406. The second kappa shape index (κ2) is 12.6. The Balaban J connectivity index is 1.23. The van der Waals surface area contributed by atoms with Gasteiger partial charge in [-0.05, 0) is 106 Å². The van der Waals surface area contributed by atoms with E-state index in [9.17, 15) is 0 Å². The van der Waals surface area contributed by atoms with Crippen molar-refractivity contribution < 1.29 is 0 Å². The van der Waals surface area contributed by atoms with Gasteiger partial charge < -0.3 is 9.47 Å².